The van der Waals surface area contributed by atoms with Crippen molar-refractivity contribution in [1.82, 2.24) is 0 Å². The highest BCUT2D eigenvalue weighted by atomic mass is 13.9. The van der Waals surface area contributed by atoms with Gasteiger partial charge in [-0.25, -0.2) is 0 Å². The van der Waals surface area contributed by atoms with Crippen LogP contribution < -0.4 is 0 Å². The van der Waals surface area contributed by atoms with Crippen molar-refractivity contribution >= 4 is 7.85 Å². The number of hydrogen-bond acceptors (Lipinski definition) is 0. The van der Waals surface area contributed by atoms with Crippen molar-refractivity contribution in [3.05, 3.63) is 0 Å². The Morgan fingerprint density at radius 2 is 1.33 bits per heavy atom. The van der Waals surface area contributed by atoms with Crippen LogP contribution in [0.2, 0.25) is 5.82 Å². The van der Waals surface area contributed by atoms with Gasteiger partial charge in [-0.2, -0.15) is 0 Å². The van der Waals surface area contributed by atoms with Crippen LogP contribution in [0.15, 0.2) is 0 Å². The minimum Gasteiger partial charge on any atom is -0.0802 e. The van der Waals surface area contributed by atoms with E-state index in [-0.39, 0.29) is 0 Å². The van der Waals surface area contributed by atoms with Gasteiger partial charge in [-0.3, -0.25) is 0 Å². The Bertz CT molecular complexity index is 58.0. The monoisotopic (exact) mass is 168 g/mol. The Morgan fingerprint density at radius 1 is 0.917 bits per heavy atom. The molecule has 12 heavy (non-hydrogen) atoms. The van der Waals surface area contributed by atoms with Crippen LogP contribution in [0, 0.1) is 0 Å². The van der Waals surface area contributed by atoms with E-state index in [9.17, 15) is 0 Å². The molecule has 0 aromatic rings. The summed E-state index contributed by atoms with van der Waals surface area (Å²) < 4.78 is 0. The predicted molar refractivity (Wildman–Crippen MR) is 59.9 cm³/mol. The highest BCUT2D eigenvalue weighted by molar-refractivity contribution is 6.11. The van der Waals surface area contributed by atoms with Gasteiger partial charge in [0.1, 0.15) is 0 Å². The van der Waals surface area contributed by atoms with Crippen molar-refractivity contribution in [1.29, 1.82) is 0 Å². The van der Waals surface area contributed by atoms with Crippen LogP contribution >= 0.6 is 0 Å². The summed E-state index contributed by atoms with van der Waals surface area (Å²) in [5.41, 5.74) is 0. The highest BCUT2D eigenvalue weighted by Gasteiger charge is 1.88. The van der Waals surface area contributed by atoms with Gasteiger partial charge in [-0.05, 0) is 0 Å². The Kier molecular flexibility index (Phi) is 16.6. The molecule has 0 aromatic carbocycles. The normalized spacial score (nSPS) is 11.7. The first-order valence-corrected chi connectivity index (χ1v) is 5.44. The average Bonchev–Trinajstić information content (AvgIpc) is 2.03. The van der Waals surface area contributed by atoms with Crippen LogP contribution in [0.1, 0.15) is 66.2 Å². The van der Waals surface area contributed by atoms with Crippen LogP contribution in [-0.2, 0) is 0 Å². The van der Waals surface area contributed by atoms with E-state index >= 15 is 0 Å². The molecule has 1 atom stereocenters. The number of hydrogen-bond donors (Lipinski definition) is 0. The van der Waals surface area contributed by atoms with E-state index in [1.54, 1.807) is 0 Å². The van der Waals surface area contributed by atoms with E-state index in [2.05, 4.69) is 27.7 Å². The summed E-state index contributed by atoms with van der Waals surface area (Å²) in [6.45, 7) is 8.66. The summed E-state index contributed by atoms with van der Waals surface area (Å²) in [6, 6.07) is 0. The molecule has 1 heteroatoms. The van der Waals surface area contributed by atoms with Crippen LogP contribution in [0.4, 0.5) is 0 Å². The van der Waals surface area contributed by atoms with E-state index < -0.39 is 0 Å². The standard InChI is InChI=1S/C6H13B.C5H12/c1-3-4-5-6(2)7;1-3-5-4-2/h6H,3-5H2,1-2H3;3-5H2,1-2H3. The lowest BCUT2D eigenvalue weighted by atomic mass is 9.85. The van der Waals surface area contributed by atoms with Gasteiger partial charge < -0.3 is 0 Å². The van der Waals surface area contributed by atoms with Crippen molar-refractivity contribution in [2.75, 3.05) is 0 Å². The fraction of sp³-hybridized carbons (Fsp3) is 1.00. The molecule has 0 aliphatic rings. The first-order chi connectivity index (χ1) is 5.68. The largest absolute Gasteiger partial charge is 0.0802 e. The minimum absolute atomic E-state index is 0.403. The molecule has 0 spiro atoms. The molecule has 0 saturated carbocycles. The van der Waals surface area contributed by atoms with Gasteiger partial charge in [0.2, 0.25) is 0 Å². The quantitative estimate of drug-likeness (QED) is 0.535. The number of rotatable bonds is 5. The molecule has 0 aliphatic carbocycles. The topological polar surface area (TPSA) is 0 Å². The second-order valence-electron chi connectivity index (χ2n) is 3.47. The maximum atomic E-state index is 5.48. The van der Waals surface area contributed by atoms with E-state index in [1.807, 2.05) is 0 Å². The summed E-state index contributed by atoms with van der Waals surface area (Å²) >= 11 is 0. The first-order valence-electron chi connectivity index (χ1n) is 5.44. The fourth-order valence-electron chi connectivity index (χ4n) is 0.880. The van der Waals surface area contributed by atoms with Gasteiger partial charge in [0, 0.05) is 0 Å². The second kappa shape index (κ2) is 13.6. The number of unbranched alkanes of at least 4 members (excludes halogenated alkanes) is 3. The third-order valence-corrected chi connectivity index (χ3v) is 1.72. The second-order valence-corrected chi connectivity index (χ2v) is 3.47. The van der Waals surface area contributed by atoms with Crippen molar-refractivity contribution < 1.29 is 0 Å². The van der Waals surface area contributed by atoms with Crippen LogP contribution in [0.5, 0.6) is 0 Å². The molecule has 0 aliphatic heterocycles. The van der Waals surface area contributed by atoms with E-state index in [1.165, 1.54) is 38.5 Å². The third-order valence-electron chi connectivity index (χ3n) is 1.72. The summed E-state index contributed by atoms with van der Waals surface area (Å²) in [7, 11) is 5.48. The highest BCUT2D eigenvalue weighted by Crippen LogP contribution is 2.07. The maximum Gasteiger partial charge on any atom is 0.0695 e. The molecule has 0 amide bonds. The Hall–Kier alpha value is 0.0649. The van der Waals surface area contributed by atoms with Gasteiger partial charge in [-0.1, -0.05) is 72.0 Å². The zero-order chi connectivity index (χ0) is 9.82. The molecule has 0 heterocycles. The Morgan fingerprint density at radius 3 is 1.42 bits per heavy atom. The van der Waals surface area contributed by atoms with Crippen molar-refractivity contribution in [2.24, 2.45) is 0 Å². The molecule has 0 rings (SSSR count). The summed E-state index contributed by atoms with van der Waals surface area (Å²) in [5.74, 6) is 0.403. The molecule has 0 fully saturated rings. The predicted octanol–water partition coefficient (Wildman–Crippen LogP) is 4.35. The molecule has 0 saturated heterocycles. The van der Waals surface area contributed by atoms with Gasteiger partial charge >= 0.3 is 0 Å². The van der Waals surface area contributed by atoms with Gasteiger partial charge in [0.25, 0.3) is 0 Å². The van der Waals surface area contributed by atoms with Gasteiger partial charge in [-0.15, -0.1) is 0 Å². The Labute approximate surface area is 80.5 Å². The third kappa shape index (κ3) is 22.5. The van der Waals surface area contributed by atoms with Crippen molar-refractivity contribution in [2.45, 2.75) is 72.0 Å². The van der Waals surface area contributed by atoms with Gasteiger partial charge in [0.15, 0.2) is 0 Å². The lowest BCUT2D eigenvalue weighted by Crippen LogP contribution is -1.82. The van der Waals surface area contributed by atoms with Crippen LogP contribution in [0.25, 0.3) is 0 Å². The molecule has 1 unspecified atom stereocenters. The van der Waals surface area contributed by atoms with Crippen LogP contribution in [0.3, 0.4) is 0 Å². The SMILES string of the molecule is CCCCC.[B]C(C)CCCC. The molecule has 2 radical (unpaired) electrons. The first kappa shape index (κ1) is 14.6. The molecule has 0 bridgehead atoms. The summed E-state index contributed by atoms with van der Waals surface area (Å²) in [4.78, 5) is 0. The molecule has 0 N–H and O–H groups in total. The molecule has 0 nitrogen and oxygen atoms in total. The maximum absolute atomic E-state index is 5.48. The summed E-state index contributed by atoms with van der Waals surface area (Å²) in [5, 5.41) is 0. The summed E-state index contributed by atoms with van der Waals surface area (Å²) in [6.07, 6.45) is 7.79. The van der Waals surface area contributed by atoms with Crippen molar-refractivity contribution in [3.63, 3.8) is 0 Å². The zero-order valence-electron chi connectivity index (χ0n) is 9.40. The zero-order valence-corrected chi connectivity index (χ0v) is 9.40. The lowest BCUT2D eigenvalue weighted by Gasteiger charge is -1.99. The Balaban J connectivity index is 0. The minimum atomic E-state index is 0.403. The molecular weight excluding hydrogens is 143 g/mol. The lowest BCUT2D eigenvalue weighted by molar-refractivity contribution is 0.701. The van der Waals surface area contributed by atoms with E-state index in [4.69, 9.17) is 7.85 Å². The smallest absolute Gasteiger partial charge is 0.0695 e. The molecule has 72 valence electrons. The van der Waals surface area contributed by atoms with Gasteiger partial charge in [0.05, 0.1) is 7.85 Å². The van der Waals surface area contributed by atoms with Crippen molar-refractivity contribution in [3.8, 4) is 0 Å². The van der Waals surface area contributed by atoms with Crippen LogP contribution in [-0.4, -0.2) is 7.85 Å². The van der Waals surface area contributed by atoms with E-state index in [0.717, 1.165) is 0 Å². The average molecular weight is 168 g/mol. The van der Waals surface area contributed by atoms with E-state index in [0.29, 0.717) is 5.82 Å². The molecular formula is C11H25B. The fourth-order valence-corrected chi connectivity index (χ4v) is 0.880. The molecule has 0 aromatic heterocycles.